The lowest BCUT2D eigenvalue weighted by atomic mass is 10.0. The Morgan fingerprint density at radius 3 is 2.56 bits per heavy atom. The van der Waals surface area contributed by atoms with Crippen LogP contribution in [0.25, 0.3) is 0 Å². The van der Waals surface area contributed by atoms with E-state index in [1.807, 2.05) is 12.1 Å². The van der Waals surface area contributed by atoms with Crippen LogP contribution in [0.1, 0.15) is 6.42 Å². The molecular weight excluding hydrogens is 631 g/mol. The molecule has 0 radical (unpaired) electrons. The van der Waals surface area contributed by atoms with E-state index in [-0.39, 0.29) is 23.9 Å². The maximum absolute atomic E-state index is 13.0. The van der Waals surface area contributed by atoms with Gasteiger partial charge in [-0.2, -0.15) is 0 Å². The number of aromatic nitrogens is 1. The van der Waals surface area contributed by atoms with Crippen LogP contribution < -0.4 is 15.6 Å². The third-order valence-corrected chi connectivity index (χ3v) is 10.6. The number of amides is 2. The molecule has 0 spiro atoms. The molecule has 0 aliphatic carbocycles. The quantitative estimate of drug-likeness (QED) is 0.144. The second kappa shape index (κ2) is 14.2. The van der Waals surface area contributed by atoms with Crippen LogP contribution in [-0.4, -0.2) is 74.1 Å². The first-order valence-electron chi connectivity index (χ1n) is 12.4. The number of nitrogens with zero attached hydrogens (tertiary/aromatic N) is 2. The number of nitrogens with one attached hydrogen (secondary N) is 1. The Labute approximate surface area is 259 Å². The van der Waals surface area contributed by atoms with Gasteiger partial charge in [0.2, 0.25) is 5.91 Å². The number of pyridine rings is 1. The number of carbonyl (C=O) groups excluding carboxylic acids is 2. The molecule has 41 heavy (non-hydrogen) atoms. The molecule has 4 rings (SSSR count). The summed E-state index contributed by atoms with van der Waals surface area (Å²) >= 11 is 16.2. The van der Waals surface area contributed by atoms with Crippen molar-refractivity contribution in [1.82, 2.24) is 10.2 Å². The van der Waals surface area contributed by atoms with Crippen molar-refractivity contribution in [2.45, 2.75) is 34.2 Å². The molecule has 2 amide bonds. The van der Waals surface area contributed by atoms with Gasteiger partial charge in [-0.3, -0.25) is 19.3 Å². The fourth-order valence-corrected chi connectivity index (χ4v) is 7.99. The molecule has 1 saturated heterocycles. The number of fused-ring (bicyclic) bond motifs is 1. The maximum Gasteiger partial charge on any atom is 0.352 e. The topological polar surface area (TPSA) is 154 Å². The third kappa shape index (κ3) is 7.70. The Bertz CT molecular complexity index is 1380. The van der Waals surface area contributed by atoms with Crippen LogP contribution in [0.3, 0.4) is 0 Å². The first kappa shape index (κ1) is 31.5. The van der Waals surface area contributed by atoms with E-state index in [4.69, 9.17) is 28.9 Å². The van der Waals surface area contributed by atoms with Gasteiger partial charge in [0.25, 0.3) is 5.91 Å². The third-order valence-electron chi connectivity index (χ3n) is 6.39. The zero-order valence-corrected chi connectivity index (χ0v) is 25.5. The van der Waals surface area contributed by atoms with Crippen molar-refractivity contribution >= 4 is 82.2 Å². The number of carboxylic acids is 2. The molecule has 0 saturated carbocycles. The van der Waals surface area contributed by atoms with E-state index in [1.54, 1.807) is 35.2 Å². The molecule has 2 aliphatic heterocycles. The van der Waals surface area contributed by atoms with Crippen LogP contribution >= 0.6 is 58.5 Å². The second-order valence-electron chi connectivity index (χ2n) is 9.21. The number of thioether (sulfide) groups is 3. The van der Waals surface area contributed by atoms with Crippen molar-refractivity contribution in [1.29, 1.82) is 0 Å². The number of hydrogen-bond acceptors (Lipinski definition) is 8. The van der Waals surface area contributed by atoms with Gasteiger partial charge in [0.05, 0.1) is 10.8 Å². The van der Waals surface area contributed by atoms with Crippen LogP contribution in [-0.2, 0) is 25.7 Å². The Hall–Kier alpha value is -2.42. The lowest BCUT2D eigenvalue weighted by molar-refractivity contribution is -0.701. The molecule has 5 N–H and O–H groups in total. The van der Waals surface area contributed by atoms with Crippen molar-refractivity contribution in [3.05, 3.63) is 64.0 Å². The number of rotatable bonds is 13. The van der Waals surface area contributed by atoms with E-state index in [2.05, 4.69) is 5.32 Å². The van der Waals surface area contributed by atoms with Crippen molar-refractivity contribution in [2.24, 2.45) is 11.7 Å². The second-order valence-corrected chi connectivity index (χ2v) is 13.2. The number of nitrogens with two attached hydrogens (primary N) is 1. The molecule has 3 atom stereocenters. The van der Waals surface area contributed by atoms with E-state index >= 15 is 0 Å². The van der Waals surface area contributed by atoms with Crippen LogP contribution in [0.15, 0.2) is 63.8 Å². The first-order chi connectivity index (χ1) is 19.6. The fraction of sp³-hybridized carbons (Fsp3) is 0.346. The number of hydrogen-bond donors (Lipinski definition) is 4. The molecule has 2 aliphatic rings. The zero-order chi connectivity index (χ0) is 29.7. The van der Waals surface area contributed by atoms with Crippen LogP contribution in [0.5, 0.6) is 0 Å². The van der Waals surface area contributed by atoms with Crippen molar-refractivity contribution in [3.8, 4) is 0 Å². The molecule has 1 aromatic heterocycles. The van der Waals surface area contributed by atoms with Gasteiger partial charge in [-0.1, -0.05) is 23.2 Å². The number of carbonyl (C=O) groups is 4. The SMILES string of the molecule is NCC[C@@H](C[n+]1ccc(SCC2=C(C(=O)O)N3C(=O)[C@H](NC(=O)CSc4cc(Cl)ccc4Cl)[C@H]3SC2)cc1)C(=O)O. The summed E-state index contributed by atoms with van der Waals surface area (Å²) in [6.45, 7) is 0.585. The Morgan fingerprint density at radius 2 is 1.90 bits per heavy atom. The summed E-state index contributed by atoms with van der Waals surface area (Å²) in [6.07, 6.45) is 3.93. The molecular formula is C26H27Cl2N4O6S3+. The Kier molecular flexibility index (Phi) is 10.9. The minimum absolute atomic E-state index is 0.0196. The summed E-state index contributed by atoms with van der Waals surface area (Å²) in [4.78, 5) is 51.8. The lowest BCUT2D eigenvalue weighted by Gasteiger charge is -2.49. The van der Waals surface area contributed by atoms with E-state index in [1.165, 1.54) is 40.2 Å². The maximum atomic E-state index is 13.0. The van der Waals surface area contributed by atoms with Crippen molar-refractivity contribution in [3.63, 3.8) is 0 Å². The summed E-state index contributed by atoms with van der Waals surface area (Å²) in [5.41, 5.74) is 6.08. The van der Waals surface area contributed by atoms with Gasteiger partial charge in [-0.15, -0.1) is 35.3 Å². The molecule has 2 aromatic rings. The summed E-state index contributed by atoms with van der Waals surface area (Å²) < 4.78 is 1.77. The normalized spacial score (nSPS) is 18.9. The van der Waals surface area contributed by atoms with Gasteiger partial charge in [0.1, 0.15) is 23.0 Å². The van der Waals surface area contributed by atoms with Gasteiger partial charge < -0.3 is 21.3 Å². The minimum atomic E-state index is -1.19. The molecule has 1 fully saturated rings. The van der Waals surface area contributed by atoms with Gasteiger partial charge >= 0.3 is 11.9 Å². The molecule has 218 valence electrons. The van der Waals surface area contributed by atoms with Crippen LogP contribution in [0.4, 0.5) is 0 Å². The summed E-state index contributed by atoms with van der Waals surface area (Å²) in [7, 11) is 0. The Balaban J connectivity index is 1.35. The predicted octanol–water partition coefficient (Wildman–Crippen LogP) is 2.95. The number of carboxylic acid groups (broad SMARTS) is 2. The number of aliphatic carboxylic acids is 2. The molecule has 15 heteroatoms. The number of β-lactam (4-membered cyclic amide) rings is 1. The predicted molar refractivity (Wildman–Crippen MR) is 159 cm³/mol. The lowest BCUT2D eigenvalue weighted by Crippen LogP contribution is -2.70. The highest BCUT2D eigenvalue weighted by Crippen LogP contribution is 2.41. The average Bonchev–Trinajstić information content (AvgIpc) is 2.95. The highest BCUT2D eigenvalue weighted by molar-refractivity contribution is 8.01. The molecule has 3 heterocycles. The van der Waals surface area contributed by atoms with Crippen LogP contribution in [0.2, 0.25) is 10.0 Å². The molecule has 0 unspecified atom stereocenters. The molecule has 10 nitrogen and oxygen atoms in total. The highest BCUT2D eigenvalue weighted by atomic mass is 35.5. The molecule has 0 bridgehead atoms. The van der Waals surface area contributed by atoms with E-state index in [9.17, 15) is 29.4 Å². The first-order valence-corrected chi connectivity index (χ1v) is 16.2. The molecule has 1 aromatic carbocycles. The Morgan fingerprint density at radius 1 is 1.17 bits per heavy atom. The smallest absolute Gasteiger partial charge is 0.352 e. The monoisotopic (exact) mass is 657 g/mol. The summed E-state index contributed by atoms with van der Waals surface area (Å²) in [5.74, 6) is -2.73. The standard InChI is InChI=1S/C26H26Cl2N4O6S3/c27-16-1-2-18(28)19(9-16)40-13-20(33)30-21-23(34)32-22(26(37)38)15(12-41-24(21)32)11-39-17-4-7-31(8-5-17)10-14(3-6-29)25(35)36/h1-2,4-5,7-9,14,21,24H,3,6,10-13,29H2,(H2-,30,33,35,36,37,38)/p+1/t14-,21-,24+/m0/s1. The van der Waals surface area contributed by atoms with Gasteiger partial charge in [-0.05, 0) is 36.7 Å². The average molecular weight is 659 g/mol. The minimum Gasteiger partial charge on any atom is -0.481 e. The number of benzene rings is 1. The van der Waals surface area contributed by atoms with E-state index in [0.717, 1.165) is 4.90 Å². The van der Waals surface area contributed by atoms with Gasteiger partial charge in [-0.25, -0.2) is 9.36 Å². The fourth-order valence-electron chi connectivity index (χ4n) is 4.32. The summed E-state index contributed by atoms with van der Waals surface area (Å²) in [5, 5.41) is 22.5. The van der Waals surface area contributed by atoms with E-state index < -0.39 is 35.2 Å². The zero-order valence-electron chi connectivity index (χ0n) is 21.5. The largest absolute Gasteiger partial charge is 0.481 e. The van der Waals surface area contributed by atoms with Crippen molar-refractivity contribution < 1.29 is 34.0 Å². The van der Waals surface area contributed by atoms with Crippen molar-refractivity contribution in [2.75, 3.05) is 23.8 Å². The summed E-state index contributed by atoms with van der Waals surface area (Å²) in [6, 6.07) is 7.80. The van der Waals surface area contributed by atoms with Gasteiger partial charge in [0.15, 0.2) is 18.9 Å². The highest BCUT2D eigenvalue weighted by Gasteiger charge is 2.54. The van der Waals surface area contributed by atoms with Gasteiger partial charge in [0, 0.05) is 38.5 Å². The van der Waals surface area contributed by atoms with E-state index in [0.29, 0.717) is 45.0 Å². The number of halogens is 2. The van der Waals surface area contributed by atoms with Crippen LogP contribution in [0, 0.1) is 5.92 Å².